The Morgan fingerprint density at radius 1 is 1.07 bits per heavy atom. The summed E-state index contributed by atoms with van der Waals surface area (Å²) < 4.78 is 28.7. The highest BCUT2D eigenvalue weighted by Crippen LogP contribution is 2.39. The third-order valence-electron chi connectivity index (χ3n) is 5.17. The Morgan fingerprint density at radius 3 is 2.37 bits per heavy atom. The Kier molecular flexibility index (Phi) is 4.95. The fraction of sp³-hybridized carbons (Fsp3) is 0.182. The molecule has 3 aromatic rings. The zero-order valence-electron chi connectivity index (χ0n) is 16.5. The maximum absolute atomic E-state index is 13.0. The average molecular weight is 424 g/mol. The second kappa shape index (κ2) is 7.46. The van der Waals surface area contributed by atoms with Crippen LogP contribution in [0.4, 0.5) is 11.4 Å². The van der Waals surface area contributed by atoms with E-state index < -0.39 is 9.84 Å². The molecule has 0 N–H and O–H groups in total. The van der Waals surface area contributed by atoms with Gasteiger partial charge in [0.05, 0.1) is 28.6 Å². The highest BCUT2D eigenvalue weighted by Gasteiger charge is 2.33. The molecule has 0 saturated heterocycles. The van der Waals surface area contributed by atoms with E-state index in [-0.39, 0.29) is 22.6 Å². The summed E-state index contributed by atoms with van der Waals surface area (Å²) in [6.45, 7) is 2.19. The Bertz CT molecular complexity index is 1200. The maximum Gasteiger partial charge on any atom is 0.294 e. The van der Waals surface area contributed by atoms with Crippen LogP contribution in [0.25, 0.3) is 11.1 Å². The Hall–Kier alpha value is -3.39. The van der Waals surface area contributed by atoms with Gasteiger partial charge in [0, 0.05) is 12.8 Å². The molecule has 2 amide bonds. The first kappa shape index (κ1) is 19.9. The molecule has 0 saturated carbocycles. The number of carbonyl (C=O) groups is 2. The molecule has 7 nitrogen and oxygen atoms in total. The first-order chi connectivity index (χ1) is 14.3. The number of sulfone groups is 1. The van der Waals surface area contributed by atoms with Gasteiger partial charge < -0.3 is 14.2 Å². The molecule has 0 radical (unpaired) electrons. The van der Waals surface area contributed by atoms with Gasteiger partial charge in [-0.3, -0.25) is 9.59 Å². The Morgan fingerprint density at radius 2 is 1.77 bits per heavy atom. The fourth-order valence-electron chi connectivity index (χ4n) is 3.61. The van der Waals surface area contributed by atoms with E-state index in [0.717, 1.165) is 23.8 Å². The molecule has 0 unspecified atom stereocenters. The van der Waals surface area contributed by atoms with E-state index in [1.165, 1.54) is 6.26 Å². The first-order valence-electron chi connectivity index (χ1n) is 9.33. The molecule has 4 rings (SSSR count). The fourth-order valence-corrected chi connectivity index (χ4v) is 4.24. The molecule has 30 heavy (non-hydrogen) atoms. The molecule has 8 heteroatoms. The van der Waals surface area contributed by atoms with Crippen LogP contribution in [0.3, 0.4) is 0 Å². The summed E-state index contributed by atoms with van der Waals surface area (Å²) in [5.74, 6) is -0.0705. The Balaban J connectivity index is 1.79. The molecule has 1 aliphatic heterocycles. The third-order valence-corrected chi connectivity index (χ3v) is 6.30. The van der Waals surface area contributed by atoms with Crippen LogP contribution in [-0.2, 0) is 14.6 Å². The van der Waals surface area contributed by atoms with Crippen LogP contribution in [0.5, 0.6) is 0 Å². The van der Waals surface area contributed by atoms with Crippen molar-refractivity contribution in [3.8, 4) is 11.1 Å². The van der Waals surface area contributed by atoms with E-state index >= 15 is 0 Å². The summed E-state index contributed by atoms with van der Waals surface area (Å²) in [5.41, 5.74) is 2.81. The molecule has 2 aromatic carbocycles. The zero-order valence-corrected chi connectivity index (χ0v) is 17.3. The topological polar surface area (TPSA) is 87.9 Å². The van der Waals surface area contributed by atoms with Gasteiger partial charge in [-0.1, -0.05) is 18.2 Å². The lowest BCUT2D eigenvalue weighted by Gasteiger charge is -2.39. The molecule has 1 aliphatic rings. The molecule has 1 aromatic heterocycles. The second-order valence-electron chi connectivity index (χ2n) is 7.25. The summed E-state index contributed by atoms with van der Waals surface area (Å²) in [4.78, 5) is 28.1. The third kappa shape index (κ3) is 3.50. The highest BCUT2D eigenvalue weighted by molar-refractivity contribution is 7.90. The van der Waals surface area contributed by atoms with Crippen LogP contribution in [0.1, 0.15) is 17.5 Å². The van der Waals surface area contributed by atoms with Crippen molar-refractivity contribution in [2.75, 3.05) is 22.6 Å². The summed E-state index contributed by atoms with van der Waals surface area (Å²) in [6, 6.07) is 15.1. The van der Waals surface area contributed by atoms with Crippen LogP contribution >= 0.6 is 0 Å². The molecular weight excluding hydrogens is 404 g/mol. The van der Waals surface area contributed by atoms with Crippen molar-refractivity contribution >= 4 is 33.5 Å². The normalized spacial score (nSPS) is 16.3. The number of nitrogens with zero attached hydrogens (tertiary/aromatic N) is 2. The van der Waals surface area contributed by atoms with Crippen molar-refractivity contribution in [2.45, 2.75) is 17.9 Å². The minimum absolute atomic E-state index is 0.200. The Labute approximate surface area is 174 Å². The van der Waals surface area contributed by atoms with Crippen LogP contribution in [0, 0.1) is 0 Å². The van der Waals surface area contributed by atoms with E-state index in [1.807, 2.05) is 19.1 Å². The van der Waals surface area contributed by atoms with Crippen molar-refractivity contribution in [1.29, 1.82) is 0 Å². The predicted octanol–water partition coefficient (Wildman–Crippen LogP) is 3.36. The van der Waals surface area contributed by atoms with E-state index in [2.05, 4.69) is 0 Å². The van der Waals surface area contributed by atoms with Gasteiger partial charge in [-0.15, -0.1) is 0 Å². The molecule has 0 fully saturated rings. The van der Waals surface area contributed by atoms with Crippen molar-refractivity contribution in [1.82, 2.24) is 0 Å². The molecule has 1 atom stereocenters. The van der Waals surface area contributed by atoms with Gasteiger partial charge in [0.25, 0.3) is 5.91 Å². The quantitative estimate of drug-likeness (QED) is 0.599. The first-order valence-corrected chi connectivity index (χ1v) is 11.2. The van der Waals surface area contributed by atoms with Gasteiger partial charge in [-0.25, -0.2) is 8.42 Å². The lowest BCUT2D eigenvalue weighted by atomic mass is 10.0. The lowest BCUT2D eigenvalue weighted by molar-refractivity contribution is -0.107. The number of rotatable bonds is 4. The molecule has 0 bridgehead atoms. The number of carbonyl (C=O) groups excluding carboxylic acids is 2. The van der Waals surface area contributed by atoms with E-state index in [4.69, 9.17) is 4.42 Å². The molecule has 2 heterocycles. The molecule has 0 spiro atoms. The van der Waals surface area contributed by atoms with Gasteiger partial charge in [0.15, 0.2) is 15.6 Å². The number of fused-ring (bicyclic) bond motifs is 1. The second-order valence-corrected chi connectivity index (χ2v) is 9.27. The zero-order chi connectivity index (χ0) is 21.5. The number of anilines is 2. The number of hydrogen-bond donors (Lipinski definition) is 0. The van der Waals surface area contributed by atoms with Crippen LogP contribution in [-0.4, -0.2) is 39.6 Å². The minimum Gasteiger partial charge on any atom is -0.459 e. The summed E-state index contributed by atoms with van der Waals surface area (Å²) in [5, 5.41) is 0. The minimum atomic E-state index is -3.29. The number of hydrogen-bond acceptors (Lipinski definition) is 5. The van der Waals surface area contributed by atoms with Crippen LogP contribution in [0.15, 0.2) is 70.2 Å². The smallest absolute Gasteiger partial charge is 0.294 e. The van der Waals surface area contributed by atoms with Gasteiger partial charge in [-0.05, 0) is 54.4 Å². The van der Waals surface area contributed by atoms with Gasteiger partial charge >= 0.3 is 0 Å². The van der Waals surface area contributed by atoms with E-state index in [9.17, 15) is 18.0 Å². The van der Waals surface area contributed by atoms with Crippen molar-refractivity contribution in [3.05, 3.63) is 66.6 Å². The van der Waals surface area contributed by atoms with E-state index in [0.29, 0.717) is 17.9 Å². The number of amides is 2. The van der Waals surface area contributed by atoms with E-state index in [1.54, 1.807) is 52.3 Å². The summed E-state index contributed by atoms with van der Waals surface area (Å²) in [7, 11) is -3.29. The number of furan rings is 1. The average Bonchev–Trinajstić information content (AvgIpc) is 3.27. The van der Waals surface area contributed by atoms with Crippen molar-refractivity contribution in [2.24, 2.45) is 0 Å². The number of benzene rings is 2. The molecule has 154 valence electrons. The summed E-state index contributed by atoms with van der Waals surface area (Å²) in [6.07, 6.45) is 3.37. The monoisotopic (exact) mass is 424 g/mol. The van der Waals surface area contributed by atoms with Crippen molar-refractivity contribution in [3.63, 3.8) is 0 Å². The van der Waals surface area contributed by atoms with Crippen molar-refractivity contribution < 1.29 is 22.4 Å². The highest BCUT2D eigenvalue weighted by atomic mass is 32.2. The largest absolute Gasteiger partial charge is 0.459 e. The lowest BCUT2D eigenvalue weighted by Crippen LogP contribution is -2.49. The van der Waals surface area contributed by atoms with Gasteiger partial charge in [-0.2, -0.15) is 0 Å². The molecule has 0 aliphatic carbocycles. The SMILES string of the molecule is C[C@H]1CN(C(=O)c2ccco2)c2cc(-c3ccc(S(C)(=O)=O)cc3)ccc2N1C=O. The van der Waals surface area contributed by atoms with Crippen LogP contribution in [0.2, 0.25) is 0 Å². The van der Waals surface area contributed by atoms with Crippen LogP contribution < -0.4 is 9.80 Å². The summed E-state index contributed by atoms with van der Waals surface area (Å²) >= 11 is 0. The van der Waals surface area contributed by atoms with Gasteiger partial charge in [0.2, 0.25) is 6.41 Å². The predicted molar refractivity (Wildman–Crippen MR) is 113 cm³/mol. The molecular formula is C22H20N2O5S. The standard InChI is InChI=1S/C22H20N2O5S/c1-15-13-23(22(26)21-4-3-11-29-21)20-12-17(7-10-19(20)24(15)14-25)16-5-8-18(9-6-16)30(2,27)28/h3-12,14-15H,13H2,1-2H3/t15-/m0/s1. The van der Waals surface area contributed by atoms with Gasteiger partial charge in [0.1, 0.15) is 0 Å². The maximum atomic E-state index is 13.0.